The van der Waals surface area contributed by atoms with Crippen LogP contribution in [0.2, 0.25) is 0 Å². The van der Waals surface area contributed by atoms with Crippen LogP contribution < -0.4 is 4.74 Å². The highest BCUT2D eigenvalue weighted by atomic mass is 16.6. The van der Waals surface area contributed by atoms with Gasteiger partial charge in [0.05, 0.1) is 17.1 Å². The second-order valence-electron chi connectivity index (χ2n) is 4.03. The molecule has 0 fully saturated rings. The molecule has 6 nitrogen and oxygen atoms in total. The molecule has 0 radical (unpaired) electrons. The molecule has 1 aromatic rings. The molecule has 1 aromatic carbocycles. The fourth-order valence-electron chi connectivity index (χ4n) is 1.41. The van der Waals surface area contributed by atoms with E-state index in [1.807, 2.05) is 6.92 Å². The Hall–Kier alpha value is -1.66. The summed E-state index contributed by atoms with van der Waals surface area (Å²) in [6.45, 7) is 3.41. The van der Waals surface area contributed by atoms with Crippen LogP contribution in [-0.4, -0.2) is 27.8 Å². The van der Waals surface area contributed by atoms with Crippen molar-refractivity contribution >= 4 is 5.69 Å². The molecule has 0 saturated heterocycles. The predicted octanol–water partition coefficient (Wildman–Crippen LogP) is 1.80. The number of nitrogens with zero attached hydrogens (tertiary/aromatic N) is 1. The van der Waals surface area contributed by atoms with Crippen molar-refractivity contribution in [1.82, 2.24) is 0 Å². The van der Waals surface area contributed by atoms with E-state index in [1.54, 1.807) is 0 Å². The Labute approximate surface area is 105 Å². The number of hydrogen-bond acceptors (Lipinski definition) is 5. The van der Waals surface area contributed by atoms with Gasteiger partial charge in [0.15, 0.2) is 0 Å². The van der Waals surface area contributed by atoms with E-state index in [9.17, 15) is 20.3 Å². The van der Waals surface area contributed by atoms with Gasteiger partial charge in [-0.3, -0.25) is 10.1 Å². The summed E-state index contributed by atoms with van der Waals surface area (Å²) in [6.07, 6.45) is -0.919. The molecule has 0 aliphatic carbocycles. The average Bonchev–Trinajstić information content (AvgIpc) is 2.35. The maximum absolute atomic E-state index is 10.6. The van der Waals surface area contributed by atoms with Gasteiger partial charge in [-0.2, -0.15) is 0 Å². The Kier molecular flexibility index (Phi) is 5.06. The van der Waals surface area contributed by atoms with E-state index in [4.69, 9.17) is 4.74 Å². The van der Waals surface area contributed by atoms with Gasteiger partial charge in [0, 0.05) is 17.7 Å². The van der Waals surface area contributed by atoms with Gasteiger partial charge in [0.1, 0.15) is 12.4 Å². The molecule has 1 rings (SSSR count). The van der Waals surface area contributed by atoms with Crippen LogP contribution in [0, 0.1) is 10.1 Å². The number of aliphatic hydroxyl groups is 2. The minimum atomic E-state index is -0.876. The minimum Gasteiger partial charge on any atom is -0.491 e. The molecular weight excluding hydrogens is 238 g/mol. The third kappa shape index (κ3) is 3.68. The van der Waals surface area contributed by atoms with Crippen LogP contribution in [0.15, 0.2) is 18.2 Å². The summed E-state index contributed by atoms with van der Waals surface area (Å²) < 4.78 is 5.35. The highest BCUT2D eigenvalue weighted by Crippen LogP contribution is 2.29. The molecule has 2 atom stereocenters. The average molecular weight is 255 g/mol. The first-order valence-corrected chi connectivity index (χ1v) is 5.73. The minimum absolute atomic E-state index is 0.0913. The van der Waals surface area contributed by atoms with Crippen molar-refractivity contribution in [3.8, 4) is 5.75 Å². The van der Waals surface area contributed by atoms with Crippen LogP contribution in [0.5, 0.6) is 5.75 Å². The number of aliphatic hydroxyl groups excluding tert-OH is 2. The number of non-ortho nitro benzene ring substituents is 1. The van der Waals surface area contributed by atoms with Gasteiger partial charge in [-0.1, -0.05) is 6.92 Å². The van der Waals surface area contributed by atoms with Crippen LogP contribution >= 0.6 is 0 Å². The Morgan fingerprint density at radius 1 is 1.44 bits per heavy atom. The highest BCUT2D eigenvalue weighted by Gasteiger charge is 2.16. The Morgan fingerprint density at radius 2 is 2.11 bits per heavy atom. The summed E-state index contributed by atoms with van der Waals surface area (Å²) in [7, 11) is 0. The highest BCUT2D eigenvalue weighted by molar-refractivity contribution is 5.44. The fraction of sp³-hybridized carbons (Fsp3) is 0.500. The molecule has 2 N–H and O–H groups in total. The molecular formula is C12H17NO5. The van der Waals surface area contributed by atoms with Crippen molar-refractivity contribution in [3.05, 3.63) is 33.9 Å². The smallest absolute Gasteiger partial charge is 0.270 e. The molecule has 0 amide bonds. The SMILES string of the molecule is CCC(O)COc1ccc([N+](=O)[O-])cc1[C@@H](C)O. The Balaban J connectivity index is 2.93. The summed E-state index contributed by atoms with van der Waals surface area (Å²) in [5.74, 6) is 0.350. The molecule has 0 spiro atoms. The van der Waals surface area contributed by atoms with Crippen LogP contribution in [0.25, 0.3) is 0 Å². The molecule has 0 aromatic heterocycles. The zero-order chi connectivity index (χ0) is 13.7. The lowest BCUT2D eigenvalue weighted by Gasteiger charge is -2.15. The van der Waals surface area contributed by atoms with E-state index in [0.717, 1.165) is 0 Å². The predicted molar refractivity (Wildman–Crippen MR) is 65.5 cm³/mol. The molecule has 0 aliphatic heterocycles. The van der Waals surface area contributed by atoms with Gasteiger partial charge in [-0.15, -0.1) is 0 Å². The van der Waals surface area contributed by atoms with E-state index < -0.39 is 17.1 Å². The van der Waals surface area contributed by atoms with E-state index in [1.165, 1.54) is 25.1 Å². The van der Waals surface area contributed by atoms with Crippen molar-refractivity contribution in [2.45, 2.75) is 32.5 Å². The maximum Gasteiger partial charge on any atom is 0.270 e. The van der Waals surface area contributed by atoms with E-state index in [-0.39, 0.29) is 12.3 Å². The number of nitro groups is 1. The van der Waals surface area contributed by atoms with Crippen LogP contribution in [0.3, 0.4) is 0 Å². The lowest BCUT2D eigenvalue weighted by atomic mass is 10.1. The lowest BCUT2D eigenvalue weighted by molar-refractivity contribution is -0.385. The number of hydrogen-bond donors (Lipinski definition) is 2. The summed E-state index contributed by atoms with van der Waals surface area (Å²) in [5, 5.41) is 29.6. The fourth-order valence-corrected chi connectivity index (χ4v) is 1.41. The van der Waals surface area contributed by atoms with E-state index >= 15 is 0 Å². The lowest BCUT2D eigenvalue weighted by Crippen LogP contribution is -2.17. The zero-order valence-electron chi connectivity index (χ0n) is 10.4. The van der Waals surface area contributed by atoms with Gasteiger partial charge >= 0.3 is 0 Å². The van der Waals surface area contributed by atoms with Gasteiger partial charge in [-0.25, -0.2) is 0 Å². The molecule has 18 heavy (non-hydrogen) atoms. The van der Waals surface area contributed by atoms with Crippen molar-refractivity contribution in [3.63, 3.8) is 0 Å². The van der Waals surface area contributed by atoms with Gasteiger partial charge < -0.3 is 14.9 Å². The van der Waals surface area contributed by atoms with E-state index in [0.29, 0.717) is 17.7 Å². The molecule has 0 saturated carbocycles. The second kappa shape index (κ2) is 6.32. The number of ether oxygens (including phenoxy) is 1. The van der Waals surface area contributed by atoms with Gasteiger partial charge in [0.25, 0.3) is 5.69 Å². The number of nitro benzene ring substituents is 1. The monoisotopic (exact) mass is 255 g/mol. The quantitative estimate of drug-likeness (QED) is 0.597. The third-order valence-corrected chi connectivity index (χ3v) is 2.56. The molecule has 6 heteroatoms. The van der Waals surface area contributed by atoms with Crippen molar-refractivity contribution in [1.29, 1.82) is 0 Å². The third-order valence-electron chi connectivity index (χ3n) is 2.56. The summed E-state index contributed by atoms with van der Waals surface area (Å²) >= 11 is 0. The Bertz CT molecular complexity index is 419. The first-order valence-electron chi connectivity index (χ1n) is 5.73. The topological polar surface area (TPSA) is 92.8 Å². The summed E-state index contributed by atoms with van der Waals surface area (Å²) in [4.78, 5) is 10.1. The second-order valence-corrected chi connectivity index (χ2v) is 4.03. The van der Waals surface area contributed by atoms with Crippen LogP contribution in [0.4, 0.5) is 5.69 Å². The summed E-state index contributed by atoms with van der Waals surface area (Å²) in [5.41, 5.74) is 0.238. The van der Waals surface area contributed by atoms with Crippen LogP contribution in [0.1, 0.15) is 31.9 Å². The van der Waals surface area contributed by atoms with Crippen LogP contribution in [-0.2, 0) is 0 Å². The van der Waals surface area contributed by atoms with Crippen molar-refractivity contribution < 1.29 is 19.9 Å². The molecule has 0 heterocycles. The molecule has 1 unspecified atom stereocenters. The molecule has 0 aliphatic rings. The zero-order valence-corrected chi connectivity index (χ0v) is 10.4. The first-order chi connectivity index (χ1) is 8.45. The standard InChI is InChI=1S/C12H17NO5/c1-3-10(15)7-18-12-5-4-9(13(16)17)6-11(12)8(2)14/h4-6,8,10,14-15H,3,7H2,1-2H3/t8-,10?/m1/s1. The molecule has 100 valence electrons. The normalized spacial score (nSPS) is 14.0. The van der Waals surface area contributed by atoms with Gasteiger partial charge in [-0.05, 0) is 19.4 Å². The largest absolute Gasteiger partial charge is 0.491 e. The Morgan fingerprint density at radius 3 is 2.61 bits per heavy atom. The van der Waals surface area contributed by atoms with Gasteiger partial charge in [0.2, 0.25) is 0 Å². The van der Waals surface area contributed by atoms with Crippen molar-refractivity contribution in [2.75, 3.05) is 6.61 Å². The number of benzene rings is 1. The molecule has 0 bridgehead atoms. The summed E-state index contributed by atoms with van der Waals surface area (Å²) in [6, 6.07) is 4.01. The maximum atomic E-state index is 10.6. The van der Waals surface area contributed by atoms with E-state index in [2.05, 4.69) is 0 Å². The first kappa shape index (κ1) is 14.4. The van der Waals surface area contributed by atoms with Crippen molar-refractivity contribution in [2.24, 2.45) is 0 Å². The number of rotatable bonds is 6.